The van der Waals surface area contributed by atoms with Gasteiger partial charge in [-0.3, -0.25) is 13.8 Å². The third kappa shape index (κ3) is 13.1. The van der Waals surface area contributed by atoms with Gasteiger partial charge >= 0.3 is 17.9 Å². The Morgan fingerprint density at radius 1 is 0.724 bits per heavy atom. The SMILES string of the molecule is COCCOC(=O)CC(C(=O)OCCOC)C(OS(C)(=O)=O)C(=O)OCCOC. The van der Waals surface area contributed by atoms with Gasteiger partial charge in [0, 0.05) is 21.3 Å². The van der Waals surface area contributed by atoms with E-state index in [4.69, 9.17) is 32.6 Å². The molecule has 0 fully saturated rings. The Morgan fingerprint density at radius 3 is 1.62 bits per heavy atom. The summed E-state index contributed by atoms with van der Waals surface area (Å²) in [5.74, 6) is -4.75. The second kappa shape index (κ2) is 15.1. The van der Waals surface area contributed by atoms with E-state index in [-0.39, 0.29) is 39.6 Å². The summed E-state index contributed by atoms with van der Waals surface area (Å²) in [6.07, 6.45) is -1.95. The van der Waals surface area contributed by atoms with E-state index in [1.165, 1.54) is 21.3 Å². The van der Waals surface area contributed by atoms with Crippen molar-refractivity contribution in [2.45, 2.75) is 12.5 Å². The van der Waals surface area contributed by atoms with Gasteiger partial charge in [-0.25, -0.2) is 4.79 Å². The smallest absolute Gasteiger partial charge is 0.337 e. The standard InChI is InChI=1S/C16H28O12S/c1-22-5-8-25-13(17)11-12(15(18)26-9-6-23-2)14(28-29(4,20)21)16(19)27-10-7-24-3/h12,14H,5-11H2,1-4H3. The molecule has 0 rings (SSSR count). The first-order valence-electron chi connectivity index (χ1n) is 8.50. The molecule has 13 heteroatoms. The van der Waals surface area contributed by atoms with Crippen LogP contribution in [0.15, 0.2) is 0 Å². The van der Waals surface area contributed by atoms with E-state index in [1.807, 2.05) is 0 Å². The monoisotopic (exact) mass is 444 g/mol. The summed E-state index contributed by atoms with van der Waals surface area (Å²) in [4.78, 5) is 36.8. The van der Waals surface area contributed by atoms with Crippen LogP contribution in [0.1, 0.15) is 6.42 Å². The summed E-state index contributed by atoms with van der Waals surface area (Å²) in [5.41, 5.74) is 0. The van der Waals surface area contributed by atoms with E-state index in [2.05, 4.69) is 0 Å². The second-order valence-corrected chi connectivity index (χ2v) is 7.17. The molecule has 2 atom stereocenters. The average molecular weight is 444 g/mol. The quantitative estimate of drug-likeness (QED) is 0.123. The number of methoxy groups -OCH3 is 3. The van der Waals surface area contributed by atoms with Crippen molar-refractivity contribution >= 4 is 28.0 Å². The predicted molar refractivity (Wildman–Crippen MR) is 96.3 cm³/mol. The lowest BCUT2D eigenvalue weighted by Crippen LogP contribution is -2.42. The molecule has 0 heterocycles. The van der Waals surface area contributed by atoms with Crippen molar-refractivity contribution in [1.29, 1.82) is 0 Å². The summed E-state index contributed by atoms with van der Waals surface area (Å²) in [7, 11) is -0.0558. The molecular weight excluding hydrogens is 416 g/mol. The van der Waals surface area contributed by atoms with E-state index >= 15 is 0 Å². The molecule has 0 aliphatic rings. The van der Waals surface area contributed by atoms with E-state index in [1.54, 1.807) is 0 Å². The van der Waals surface area contributed by atoms with Crippen molar-refractivity contribution in [3.8, 4) is 0 Å². The molecule has 0 aromatic heterocycles. The van der Waals surface area contributed by atoms with E-state index in [0.29, 0.717) is 6.26 Å². The van der Waals surface area contributed by atoms with Crippen LogP contribution >= 0.6 is 0 Å². The molecule has 0 spiro atoms. The maximum atomic E-state index is 12.4. The minimum atomic E-state index is -4.20. The lowest BCUT2D eigenvalue weighted by atomic mass is 9.98. The summed E-state index contributed by atoms with van der Waals surface area (Å²) < 4.78 is 56.9. The van der Waals surface area contributed by atoms with E-state index < -0.39 is 46.5 Å². The van der Waals surface area contributed by atoms with Crippen LogP contribution < -0.4 is 0 Å². The van der Waals surface area contributed by atoms with Crippen molar-refractivity contribution < 1.29 is 55.4 Å². The van der Waals surface area contributed by atoms with Crippen molar-refractivity contribution in [3.63, 3.8) is 0 Å². The number of carbonyl (C=O) groups is 3. The molecule has 0 aliphatic carbocycles. The fourth-order valence-corrected chi connectivity index (χ4v) is 2.48. The summed E-state index contributed by atoms with van der Waals surface area (Å²) in [5, 5.41) is 0. The molecule has 12 nitrogen and oxygen atoms in total. The maximum Gasteiger partial charge on any atom is 0.337 e. The van der Waals surface area contributed by atoms with E-state index in [0.717, 1.165) is 0 Å². The first kappa shape index (κ1) is 27.2. The number of hydrogen-bond donors (Lipinski definition) is 0. The summed E-state index contributed by atoms with van der Waals surface area (Å²) in [6, 6.07) is 0. The van der Waals surface area contributed by atoms with Crippen LogP contribution in [-0.4, -0.2) is 99.7 Å². The van der Waals surface area contributed by atoms with Gasteiger partial charge in [-0.2, -0.15) is 8.42 Å². The van der Waals surface area contributed by atoms with Crippen LogP contribution in [0.3, 0.4) is 0 Å². The molecule has 0 radical (unpaired) electrons. The molecule has 170 valence electrons. The van der Waals surface area contributed by atoms with Gasteiger partial charge in [0.1, 0.15) is 25.7 Å². The van der Waals surface area contributed by atoms with Gasteiger partial charge in [0.05, 0.1) is 32.5 Å². The highest BCUT2D eigenvalue weighted by molar-refractivity contribution is 7.86. The van der Waals surface area contributed by atoms with Crippen molar-refractivity contribution in [2.75, 3.05) is 67.2 Å². The Morgan fingerprint density at radius 2 is 1.17 bits per heavy atom. The molecule has 0 aliphatic heterocycles. The van der Waals surface area contributed by atoms with Gasteiger partial charge < -0.3 is 28.4 Å². The van der Waals surface area contributed by atoms with Gasteiger partial charge in [0.2, 0.25) is 0 Å². The molecule has 0 saturated carbocycles. The Hall–Kier alpha value is -1.80. The van der Waals surface area contributed by atoms with Crippen LogP contribution in [0.25, 0.3) is 0 Å². The van der Waals surface area contributed by atoms with Crippen LogP contribution in [0, 0.1) is 5.92 Å². The van der Waals surface area contributed by atoms with Gasteiger partial charge in [-0.1, -0.05) is 0 Å². The van der Waals surface area contributed by atoms with Gasteiger partial charge in [-0.05, 0) is 0 Å². The molecule has 0 aromatic carbocycles. The third-order valence-electron chi connectivity index (χ3n) is 3.18. The predicted octanol–water partition coefficient (Wildman–Crippen LogP) is -1.09. The number of rotatable bonds is 16. The maximum absolute atomic E-state index is 12.4. The lowest BCUT2D eigenvalue weighted by Gasteiger charge is -2.23. The molecule has 2 unspecified atom stereocenters. The molecule has 0 amide bonds. The zero-order chi connectivity index (χ0) is 22.3. The number of ether oxygens (including phenoxy) is 6. The van der Waals surface area contributed by atoms with E-state index in [9.17, 15) is 22.8 Å². The fourth-order valence-electron chi connectivity index (χ4n) is 1.89. The average Bonchev–Trinajstić information content (AvgIpc) is 2.64. The molecular formula is C16H28O12S. The first-order valence-corrected chi connectivity index (χ1v) is 10.3. The fraction of sp³-hybridized carbons (Fsp3) is 0.812. The first-order chi connectivity index (χ1) is 13.7. The number of esters is 3. The van der Waals surface area contributed by atoms with Crippen molar-refractivity contribution in [1.82, 2.24) is 0 Å². The van der Waals surface area contributed by atoms with Gasteiger partial charge in [0.15, 0.2) is 6.10 Å². The number of hydrogen-bond acceptors (Lipinski definition) is 12. The zero-order valence-electron chi connectivity index (χ0n) is 16.9. The van der Waals surface area contributed by atoms with Crippen LogP contribution in [0.4, 0.5) is 0 Å². The third-order valence-corrected chi connectivity index (χ3v) is 3.74. The van der Waals surface area contributed by atoms with Crippen LogP contribution in [0.5, 0.6) is 0 Å². The van der Waals surface area contributed by atoms with Crippen molar-refractivity contribution in [2.24, 2.45) is 5.92 Å². The Labute approximate surface area is 169 Å². The lowest BCUT2D eigenvalue weighted by molar-refractivity contribution is -0.169. The highest BCUT2D eigenvalue weighted by Crippen LogP contribution is 2.20. The Bertz CT molecular complexity index is 603. The molecule has 0 aromatic rings. The van der Waals surface area contributed by atoms with Crippen molar-refractivity contribution in [3.05, 3.63) is 0 Å². The number of carbonyl (C=O) groups excluding carboxylic acids is 3. The van der Waals surface area contributed by atoms with Gasteiger partial charge in [0.25, 0.3) is 10.1 Å². The Kier molecular flexibility index (Phi) is 14.2. The second-order valence-electron chi connectivity index (χ2n) is 5.57. The molecule has 29 heavy (non-hydrogen) atoms. The Balaban J connectivity index is 5.50. The highest BCUT2D eigenvalue weighted by atomic mass is 32.2. The minimum Gasteiger partial charge on any atom is -0.463 e. The largest absolute Gasteiger partial charge is 0.463 e. The summed E-state index contributed by atoms with van der Waals surface area (Å²) >= 11 is 0. The normalized spacial score (nSPS) is 13.4. The van der Waals surface area contributed by atoms with Crippen LogP contribution in [-0.2, 0) is 57.1 Å². The van der Waals surface area contributed by atoms with Crippen LogP contribution in [0.2, 0.25) is 0 Å². The topological polar surface area (TPSA) is 150 Å². The van der Waals surface area contributed by atoms with Gasteiger partial charge in [-0.15, -0.1) is 0 Å². The molecule has 0 bridgehead atoms. The minimum absolute atomic E-state index is 0.0271. The summed E-state index contributed by atoms with van der Waals surface area (Å²) in [6.45, 7) is -0.322. The molecule has 0 saturated heterocycles. The molecule has 0 N–H and O–H groups in total. The zero-order valence-corrected chi connectivity index (χ0v) is 17.7. The highest BCUT2D eigenvalue weighted by Gasteiger charge is 2.41.